The first-order chi connectivity index (χ1) is 10.4. The predicted molar refractivity (Wildman–Crippen MR) is 91.5 cm³/mol. The van der Waals surface area contributed by atoms with E-state index in [-0.39, 0.29) is 17.9 Å². The van der Waals surface area contributed by atoms with Crippen LogP contribution in [0.5, 0.6) is 0 Å². The molecule has 0 aromatic rings. The summed E-state index contributed by atoms with van der Waals surface area (Å²) in [4.78, 5) is 24.4. The molecule has 0 radical (unpaired) electrons. The van der Waals surface area contributed by atoms with Gasteiger partial charge in [0.05, 0.1) is 6.04 Å². The minimum absolute atomic E-state index is 0.0660. The summed E-state index contributed by atoms with van der Waals surface area (Å²) in [6, 6.07) is -0.929. The third-order valence-corrected chi connectivity index (χ3v) is 3.62. The molecule has 0 saturated heterocycles. The summed E-state index contributed by atoms with van der Waals surface area (Å²) in [5.74, 6) is -0.322. The number of carbonyl (C=O) groups excluding carboxylic acids is 2. The van der Waals surface area contributed by atoms with Crippen molar-refractivity contribution < 1.29 is 9.59 Å². The van der Waals surface area contributed by atoms with Crippen molar-refractivity contribution in [3.8, 4) is 0 Å². The van der Waals surface area contributed by atoms with Gasteiger partial charge in [-0.1, -0.05) is 52.4 Å². The lowest BCUT2D eigenvalue weighted by molar-refractivity contribution is -0.130. The van der Waals surface area contributed by atoms with E-state index in [1.807, 2.05) is 13.8 Å². The van der Waals surface area contributed by atoms with Gasteiger partial charge in [-0.15, -0.1) is 0 Å². The van der Waals surface area contributed by atoms with Gasteiger partial charge in [0, 0.05) is 6.04 Å². The van der Waals surface area contributed by atoms with Gasteiger partial charge in [0.25, 0.3) is 0 Å². The van der Waals surface area contributed by atoms with Crippen molar-refractivity contribution >= 4 is 11.8 Å². The molecular weight excluding hydrogens is 278 g/mol. The van der Waals surface area contributed by atoms with Crippen LogP contribution in [0.15, 0.2) is 0 Å². The molecule has 5 heteroatoms. The van der Waals surface area contributed by atoms with Gasteiger partial charge in [0.2, 0.25) is 11.8 Å². The second kappa shape index (κ2) is 12.4. The molecular formula is C17H35N3O2. The normalized spacial score (nSPS) is 13.7. The molecule has 0 aromatic carbocycles. The molecule has 0 saturated carbocycles. The van der Waals surface area contributed by atoms with Crippen LogP contribution in [0.25, 0.3) is 0 Å². The van der Waals surface area contributed by atoms with Gasteiger partial charge in [0.15, 0.2) is 0 Å². The Labute approximate surface area is 135 Å². The smallest absolute Gasteiger partial charge is 0.242 e. The van der Waals surface area contributed by atoms with E-state index in [9.17, 15) is 9.59 Å². The van der Waals surface area contributed by atoms with Crippen molar-refractivity contribution in [1.82, 2.24) is 10.6 Å². The van der Waals surface area contributed by atoms with Crippen LogP contribution in [0.2, 0.25) is 0 Å². The highest BCUT2D eigenvalue weighted by atomic mass is 16.2. The SMILES string of the molecule is CCCCCC(N)C(=O)NC(CCCCC)C(=O)NC(C)C. The maximum Gasteiger partial charge on any atom is 0.242 e. The average molecular weight is 313 g/mol. The molecule has 0 heterocycles. The van der Waals surface area contributed by atoms with Crippen molar-refractivity contribution in [3.05, 3.63) is 0 Å². The lowest BCUT2D eigenvalue weighted by Gasteiger charge is -2.22. The standard InChI is InChI=1S/C17H35N3O2/c1-5-7-9-11-14(18)16(21)20-15(12-10-8-6-2)17(22)19-13(3)4/h13-15H,5-12,18H2,1-4H3,(H,19,22)(H,20,21). The van der Waals surface area contributed by atoms with E-state index in [0.717, 1.165) is 38.5 Å². The molecule has 0 spiro atoms. The van der Waals surface area contributed by atoms with E-state index < -0.39 is 12.1 Å². The lowest BCUT2D eigenvalue weighted by Crippen LogP contribution is -2.52. The first-order valence-electron chi connectivity index (χ1n) is 8.78. The fourth-order valence-corrected chi connectivity index (χ4v) is 2.28. The number of hydrogen-bond donors (Lipinski definition) is 3. The van der Waals surface area contributed by atoms with Crippen LogP contribution >= 0.6 is 0 Å². The van der Waals surface area contributed by atoms with Crippen molar-refractivity contribution in [3.63, 3.8) is 0 Å². The Morgan fingerprint density at radius 3 is 1.91 bits per heavy atom. The fourth-order valence-electron chi connectivity index (χ4n) is 2.28. The van der Waals surface area contributed by atoms with Crippen LogP contribution in [-0.2, 0) is 9.59 Å². The number of rotatable bonds is 12. The molecule has 0 aliphatic carbocycles. The monoisotopic (exact) mass is 313 g/mol. The van der Waals surface area contributed by atoms with Crippen LogP contribution in [0.1, 0.15) is 79.1 Å². The number of nitrogens with one attached hydrogen (secondary N) is 2. The van der Waals surface area contributed by atoms with Gasteiger partial charge in [-0.05, 0) is 26.7 Å². The van der Waals surface area contributed by atoms with E-state index in [2.05, 4.69) is 24.5 Å². The molecule has 0 aromatic heterocycles. The van der Waals surface area contributed by atoms with E-state index in [1.165, 1.54) is 0 Å². The van der Waals surface area contributed by atoms with E-state index in [4.69, 9.17) is 5.73 Å². The van der Waals surface area contributed by atoms with E-state index in [1.54, 1.807) is 0 Å². The highest BCUT2D eigenvalue weighted by Gasteiger charge is 2.23. The molecule has 0 bridgehead atoms. The van der Waals surface area contributed by atoms with Gasteiger partial charge < -0.3 is 16.4 Å². The Kier molecular flexibility index (Phi) is 11.8. The zero-order valence-corrected chi connectivity index (χ0v) is 14.8. The van der Waals surface area contributed by atoms with Crippen LogP contribution < -0.4 is 16.4 Å². The third kappa shape index (κ3) is 9.77. The summed E-state index contributed by atoms with van der Waals surface area (Å²) in [5.41, 5.74) is 5.92. The second-order valence-electron chi connectivity index (χ2n) is 6.32. The minimum Gasteiger partial charge on any atom is -0.352 e. The molecule has 0 aliphatic heterocycles. The summed E-state index contributed by atoms with van der Waals surface area (Å²) in [6.45, 7) is 8.07. The molecule has 5 nitrogen and oxygen atoms in total. The van der Waals surface area contributed by atoms with Crippen molar-refractivity contribution in [2.24, 2.45) is 5.73 Å². The van der Waals surface area contributed by atoms with Crippen molar-refractivity contribution in [2.75, 3.05) is 0 Å². The molecule has 0 rings (SSSR count). The maximum absolute atomic E-state index is 12.2. The van der Waals surface area contributed by atoms with Gasteiger partial charge >= 0.3 is 0 Å². The van der Waals surface area contributed by atoms with Gasteiger partial charge in [0.1, 0.15) is 6.04 Å². The van der Waals surface area contributed by atoms with Crippen LogP contribution in [-0.4, -0.2) is 29.9 Å². The topological polar surface area (TPSA) is 84.2 Å². The highest BCUT2D eigenvalue weighted by Crippen LogP contribution is 2.06. The Morgan fingerprint density at radius 1 is 0.864 bits per heavy atom. The Balaban J connectivity index is 4.46. The highest BCUT2D eigenvalue weighted by molar-refractivity contribution is 5.89. The van der Waals surface area contributed by atoms with Gasteiger partial charge in [-0.25, -0.2) is 0 Å². The third-order valence-electron chi connectivity index (χ3n) is 3.62. The summed E-state index contributed by atoms with van der Waals surface area (Å²) >= 11 is 0. The Bertz CT molecular complexity index is 319. The molecule has 2 atom stereocenters. The molecule has 0 aliphatic rings. The fraction of sp³-hybridized carbons (Fsp3) is 0.882. The summed E-state index contributed by atoms with van der Waals surface area (Å²) in [7, 11) is 0. The average Bonchev–Trinajstić information content (AvgIpc) is 2.45. The van der Waals surface area contributed by atoms with Crippen LogP contribution in [0, 0.1) is 0 Å². The zero-order chi connectivity index (χ0) is 17.0. The van der Waals surface area contributed by atoms with Gasteiger partial charge in [-0.2, -0.15) is 0 Å². The first kappa shape index (κ1) is 20.9. The van der Waals surface area contributed by atoms with Crippen molar-refractivity contribution in [1.29, 1.82) is 0 Å². The van der Waals surface area contributed by atoms with Crippen LogP contribution in [0.3, 0.4) is 0 Å². The zero-order valence-electron chi connectivity index (χ0n) is 14.8. The number of hydrogen-bond acceptors (Lipinski definition) is 3. The number of carbonyl (C=O) groups is 2. The number of nitrogens with two attached hydrogens (primary N) is 1. The summed E-state index contributed by atoms with van der Waals surface area (Å²) in [6.07, 6.45) is 7.54. The van der Waals surface area contributed by atoms with Crippen LogP contribution in [0.4, 0.5) is 0 Å². The molecule has 22 heavy (non-hydrogen) atoms. The molecule has 2 amide bonds. The molecule has 2 unspecified atom stereocenters. The maximum atomic E-state index is 12.2. The molecule has 130 valence electrons. The number of unbranched alkanes of at least 4 members (excludes halogenated alkanes) is 4. The van der Waals surface area contributed by atoms with E-state index >= 15 is 0 Å². The predicted octanol–water partition coefficient (Wildman–Crippen LogP) is 2.48. The van der Waals surface area contributed by atoms with E-state index in [0.29, 0.717) is 12.8 Å². The minimum atomic E-state index is -0.521. The first-order valence-corrected chi connectivity index (χ1v) is 8.78. The molecule has 0 fully saturated rings. The quantitative estimate of drug-likeness (QED) is 0.484. The lowest BCUT2D eigenvalue weighted by atomic mass is 10.0. The largest absolute Gasteiger partial charge is 0.352 e. The van der Waals surface area contributed by atoms with Crippen molar-refractivity contribution in [2.45, 2.75) is 97.2 Å². The Hall–Kier alpha value is -1.10. The number of amides is 2. The van der Waals surface area contributed by atoms with Gasteiger partial charge in [-0.3, -0.25) is 9.59 Å². The Morgan fingerprint density at radius 2 is 1.41 bits per heavy atom. The second-order valence-corrected chi connectivity index (χ2v) is 6.32. The summed E-state index contributed by atoms with van der Waals surface area (Å²) in [5, 5.41) is 5.70. The summed E-state index contributed by atoms with van der Waals surface area (Å²) < 4.78 is 0. The molecule has 4 N–H and O–H groups in total.